The van der Waals surface area contributed by atoms with Crippen molar-refractivity contribution in [1.29, 1.82) is 0 Å². The zero-order chi connectivity index (χ0) is 18.6. The van der Waals surface area contributed by atoms with Crippen LogP contribution in [-0.4, -0.2) is 43.9 Å². The lowest BCUT2D eigenvalue weighted by Gasteiger charge is -2.24. The van der Waals surface area contributed by atoms with Crippen molar-refractivity contribution in [2.45, 2.75) is 26.7 Å². The van der Waals surface area contributed by atoms with Crippen LogP contribution in [-0.2, 0) is 6.67 Å². The molecule has 2 rings (SSSR count). The molecule has 0 amide bonds. The molecule has 1 heterocycles. The molecule has 0 N–H and O–H groups in total. The average Bonchev–Trinajstić information content (AvgIpc) is 2.93. The van der Waals surface area contributed by atoms with E-state index in [9.17, 15) is 23.3 Å². The number of benzene rings is 1. The van der Waals surface area contributed by atoms with Crippen molar-refractivity contribution in [3.05, 3.63) is 40.7 Å². The molecule has 0 unspecified atom stereocenters. The van der Waals surface area contributed by atoms with Crippen LogP contribution in [0.4, 0.5) is 18.9 Å². The lowest BCUT2D eigenvalue weighted by atomic mass is 10.2. The number of halogens is 3. The van der Waals surface area contributed by atoms with Crippen molar-refractivity contribution < 1.29 is 18.1 Å². The predicted octanol–water partition coefficient (Wildman–Crippen LogP) is 3.33. The van der Waals surface area contributed by atoms with E-state index in [2.05, 4.69) is 10.1 Å². The minimum atomic E-state index is -4.29. The van der Waals surface area contributed by atoms with Crippen LogP contribution in [0.15, 0.2) is 30.6 Å². The standard InChI is InChI=1S/C15H18F3N5O2/c1-11(2)7-21(8-15(16,17)18)10-22-9-19-14(20-22)12-3-5-13(6-4-12)23(24)25/h3-6,9,11H,7-8,10H2,1-2H3. The van der Waals surface area contributed by atoms with Crippen molar-refractivity contribution in [2.75, 3.05) is 13.1 Å². The van der Waals surface area contributed by atoms with E-state index < -0.39 is 17.6 Å². The minimum Gasteiger partial charge on any atom is -0.275 e. The van der Waals surface area contributed by atoms with Gasteiger partial charge in [0.15, 0.2) is 5.82 Å². The second kappa shape index (κ2) is 7.60. The van der Waals surface area contributed by atoms with E-state index in [0.717, 1.165) is 0 Å². The molecule has 1 aromatic heterocycles. The molecule has 0 aliphatic carbocycles. The first-order valence-electron chi connectivity index (χ1n) is 7.57. The van der Waals surface area contributed by atoms with Crippen molar-refractivity contribution in [2.24, 2.45) is 5.92 Å². The number of nitrogens with zero attached hydrogens (tertiary/aromatic N) is 5. The Morgan fingerprint density at radius 3 is 2.44 bits per heavy atom. The van der Waals surface area contributed by atoms with Gasteiger partial charge in [-0.05, 0) is 18.1 Å². The molecule has 0 fully saturated rings. The highest BCUT2D eigenvalue weighted by Crippen LogP contribution is 2.20. The number of non-ortho nitro benzene ring substituents is 1. The molecule has 1 aromatic carbocycles. The van der Waals surface area contributed by atoms with Gasteiger partial charge in [-0.3, -0.25) is 15.0 Å². The Morgan fingerprint density at radius 2 is 1.92 bits per heavy atom. The first kappa shape index (κ1) is 18.8. The summed E-state index contributed by atoms with van der Waals surface area (Å²) in [6.45, 7) is 2.88. The topological polar surface area (TPSA) is 77.1 Å². The molecule has 10 heteroatoms. The van der Waals surface area contributed by atoms with Crippen LogP contribution in [0, 0.1) is 16.0 Å². The van der Waals surface area contributed by atoms with Crippen molar-refractivity contribution in [3.8, 4) is 11.4 Å². The van der Waals surface area contributed by atoms with Crippen molar-refractivity contribution in [1.82, 2.24) is 19.7 Å². The number of nitro benzene ring substituents is 1. The van der Waals surface area contributed by atoms with Crippen LogP contribution >= 0.6 is 0 Å². The molecule has 7 nitrogen and oxygen atoms in total. The Morgan fingerprint density at radius 1 is 1.28 bits per heavy atom. The molecule has 25 heavy (non-hydrogen) atoms. The zero-order valence-electron chi connectivity index (χ0n) is 13.8. The summed E-state index contributed by atoms with van der Waals surface area (Å²) < 4.78 is 39.4. The van der Waals surface area contributed by atoms with Crippen LogP contribution in [0.3, 0.4) is 0 Å². The van der Waals surface area contributed by atoms with Gasteiger partial charge in [0, 0.05) is 24.2 Å². The molecular formula is C15H18F3N5O2. The molecule has 0 saturated carbocycles. The zero-order valence-corrected chi connectivity index (χ0v) is 13.8. The lowest BCUT2D eigenvalue weighted by Crippen LogP contribution is -2.38. The second-order valence-electron chi connectivity index (χ2n) is 6.07. The van der Waals surface area contributed by atoms with Crippen LogP contribution in [0.1, 0.15) is 13.8 Å². The SMILES string of the molecule is CC(C)CN(Cn1cnc(-c2ccc([N+](=O)[O-])cc2)n1)CC(F)(F)F. The number of alkyl halides is 3. The third-order valence-electron chi connectivity index (χ3n) is 3.24. The molecule has 0 atom stereocenters. The van der Waals surface area contributed by atoms with Crippen molar-refractivity contribution in [3.63, 3.8) is 0 Å². The largest absolute Gasteiger partial charge is 0.401 e. The Balaban J connectivity index is 2.11. The molecule has 0 aliphatic heterocycles. The molecule has 136 valence electrons. The fourth-order valence-electron chi connectivity index (χ4n) is 2.37. The summed E-state index contributed by atoms with van der Waals surface area (Å²) in [5.41, 5.74) is 0.493. The van der Waals surface area contributed by atoms with Gasteiger partial charge in [0.1, 0.15) is 6.33 Å². The number of hydrogen-bond acceptors (Lipinski definition) is 5. The summed E-state index contributed by atoms with van der Waals surface area (Å²) in [5.74, 6) is 0.367. The number of rotatable bonds is 7. The summed E-state index contributed by atoms with van der Waals surface area (Å²) in [6, 6.07) is 5.65. The average molecular weight is 357 g/mol. The Kier molecular flexibility index (Phi) is 5.73. The second-order valence-corrected chi connectivity index (χ2v) is 6.07. The molecule has 0 saturated heterocycles. The number of nitro groups is 1. The quantitative estimate of drug-likeness (QED) is 0.561. The predicted molar refractivity (Wildman–Crippen MR) is 84.6 cm³/mol. The monoisotopic (exact) mass is 357 g/mol. The summed E-state index contributed by atoms with van der Waals surface area (Å²) in [5, 5.41) is 14.8. The van der Waals surface area contributed by atoms with Crippen LogP contribution in [0.2, 0.25) is 0 Å². The van der Waals surface area contributed by atoms with E-state index in [1.165, 1.54) is 40.2 Å². The minimum absolute atomic E-state index is 0.0440. The smallest absolute Gasteiger partial charge is 0.275 e. The van der Waals surface area contributed by atoms with Crippen molar-refractivity contribution >= 4 is 5.69 Å². The van der Waals surface area contributed by atoms with Crippen LogP contribution in [0.25, 0.3) is 11.4 Å². The maximum Gasteiger partial charge on any atom is 0.401 e. The Hall–Kier alpha value is -2.49. The van der Waals surface area contributed by atoms with Crippen LogP contribution < -0.4 is 0 Å². The van der Waals surface area contributed by atoms with Gasteiger partial charge in [0.2, 0.25) is 0 Å². The molecular weight excluding hydrogens is 339 g/mol. The summed E-state index contributed by atoms with van der Waals surface area (Å²) >= 11 is 0. The fourth-order valence-corrected chi connectivity index (χ4v) is 2.37. The van der Waals surface area contributed by atoms with Crippen LogP contribution in [0.5, 0.6) is 0 Å². The maximum atomic E-state index is 12.7. The Labute approximate surface area is 142 Å². The highest BCUT2D eigenvalue weighted by molar-refractivity contribution is 5.56. The molecule has 0 bridgehead atoms. The van der Waals surface area contributed by atoms with Gasteiger partial charge in [0.05, 0.1) is 18.1 Å². The first-order chi connectivity index (χ1) is 11.6. The third kappa shape index (κ3) is 5.82. The van der Waals surface area contributed by atoms with Gasteiger partial charge in [-0.2, -0.15) is 13.2 Å². The molecule has 0 radical (unpaired) electrons. The van der Waals surface area contributed by atoms with Gasteiger partial charge < -0.3 is 0 Å². The fraction of sp³-hybridized carbons (Fsp3) is 0.467. The molecule has 2 aromatic rings. The van der Waals surface area contributed by atoms with Gasteiger partial charge in [-0.25, -0.2) is 9.67 Å². The third-order valence-corrected chi connectivity index (χ3v) is 3.24. The van der Waals surface area contributed by atoms with Gasteiger partial charge in [0.25, 0.3) is 5.69 Å². The van der Waals surface area contributed by atoms with E-state index in [4.69, 9.17) is 0 Å². The maximum absolute atomic E-state index is 12.7. The summed E-state index contributed by atoms with van der Waals surface area (Å²) in [4.78, 5) is 15.4. The van der Waals surface area contributed by atoms with Gasteiger partial charge >= 0.3 is 6.18 Å². The lowest BCUT2D eigenvalue weighted by molar-refractivity contribution is -0.384. The molecule has 0 aliphatic rings. The van der Waals surface area contributed by atoms with E-state index in [-0.39, 0.29) is 24.8 Å². The summed E-state index contributed by atoms with van der Waals surface area (Å²) in [7, 11) is 0. The summed E-state index contributed by atoms with van der Waals surface area (Å²) in [6.07, 6.45) is -2.95. The number of hydrogen-bond donors (Lipinski definition) is 0. The molecule has 0 spiro atoms. The van der Waals surface area contributed by atoms with E-state index in [1.54, 1.807) is 0 Å². The van der Waals surface area contributed by atoms with E-state index in [0.29, 0.717) is 11.4 Å². The normalized spacial score (nSPS) is 12.1. The van der Waals surface area contributed by atoms with Gasteiger partial charge in [-0.15, -0.1) is 5.10 Å². The first-order valence-corrected chi connectivity index (χ1v) is 7.57. The van der Waals surface area contributed by atoms with E-state index in [1.807, 2.05) is 13.8 Å². The highest BCUT2D eigenvalue weighted by atomic mass is 19.4. The van der Waals surface area contributed by atoms with Gasteiger partial charge in [-0.1, -0.05) is 13.8 Å². The Bertz CT molecular complexity index is 713. The number of aromatic nitrogens is 3. The highest BCUT2D eigenvalue weighted by Gasteiger charge is 2.31. The van der Waals surface area contributed by atoms with E-state index >= 15 is 0 Å².